The van der Waals surface area contributed by atoms with Crippen LogP contribution in [0.3, 0.4) is 0 Å². The number of carboxylic acids is 1. The Morgan fingerprint density at radius 1 is 1.29 bits per heavy atom. The molecule has 3 rings (SSSR count). The summed E-state index contributed by atoms with van der Waals surface area (Å²) in [6.07, 6.45) is 2.56. The van der Waals surface area contributed by atoms with Gasteiger partial charge in [0.15, 0.2) is 0 Å². The minimum atomic E-state index is -0.736. The number of nitrogens with zero attached hydrogens (tertiary/aromatic N) is 2. The van der Waals surface area contributed by atoms with Crippen LogP contribution in [0.15, 0.2) is 24.3 Å². The minimum absolute atomic E-state index is 0.0585. The Morgan fingerprint density at radius 2 is 2.04 bits per heavy atom. The van der Waals surface area contributed by atoms with E-state index in [0.29, 0.717) is 43.9 Å². The molecular weight excluding hydrogens is 358 g/mol. The third kappa shape index (κ3) is 3.90. The smallest absolute Gasteiger partial charge is 0.311 e. The monoisotopic (exact) mass is 387 g/mol. The van der Waals surface area contributed by atoms with E-state index in [1.807, 2.05) is 18.7 Å². The van der Waals surface area contributed by atoms with Gasteiger partial charge in [-0.3, -0.25) is 19.3 Å². The predicted molar refractivity (Wildman–Crippen MR) is 106 cm³/mol. The van der Waals surface area contributed by atoms with Crippen LogP contribution in [-0.2, 0) is 9.59 Å². The van der Waals surface area contributed by atoms with Crippen molar-refractivity contribution >= 4 is 23.5 Å². The summed E-state index contributed by atoms with van der Waals surface area (Å²) < 4.78 is 0. The molecular formula is C21H29N3O4. The van der Waals surface area contributed by atoms with E-state index in [1.165, 1.54) is 0 Å². The molecule has 1 heterocycles. The average Bonchev–Trinajstić information content (AvgIpc) is 3.20. The highest BCUT2D eigenvalue weighted by Gasteiger charge is 2.54. The van der Waals surface area contributed by atoms with Crippen molar-refractivity contribution in [3.63, 3.8) is 0 Å². The number of carboxylic acid groups (broad SMARTS) is 1. The molecule has 0 bridgehead atoms. The molecule has 28 heavy (non-hydrogen) atoms. The normalized spacial score (nSPS) is 24.0. The average molecular weight is 387 g/mol. The molecule has 0 unspecified atom stereocenters. The summed E-state index contributed by atoms with van der Waals surface area (Å²) in [5, 5.41) is 12.5. The summed E-state index contributed by atoms with van der Waals surface area (Å²) in [6.45, 7) is 6.38. The van der Waals surface area contributed by atoms with Crippen LogP contribution in [0.4, 0.5) is 5.69 Å². The number of likely N-dealkylation sites (tertiary alicyclic amines) is 1. The Kier molecular flexibility index (Phi) is 6.03. The van der Waals surface area contributed by atoms with Crippen molar-refractivity contribution in [2.45, 2.75) is 33.1 Å². The van der Waals surface area contributed by atoms with Gasteiger partial charge in [-0.15, -0.1) is 0 Å². The van der Waals surface area contributed by atoms with E-state index in [1.54, 1.807) is 29.2 Å². The largest absolute Gasteiger partial charge is 0.481 e. The second-order valence-electron chi connectivity index (χ2n) is 7.83. The van der Waals surface area contributed by atoms with E-state index in [4.69, 9.17) is 0 Å². The lowest BCUT2D eigenvalue weighted by molar-refractivity contribution is -0.149. The first kappa shape index (κ1) is 20.3. The molecule has 1 aromatic carbocycles. The number of aliphatic carboxylic acids is 1. The van der Waals surface area contributed by atoms with Gasteiger partial charge in [0.05, 0.1) is 12.0 Å². The molecule has 7 nitrogen and oxygen atoms in total. The van der Waals surface area contributed by atoms with E-state index in [0.717, 1.165) is 12.8 Å². The summed E-state index contributed by atoms with van der Waals surface area (Å²) in [5.74, 6) is -0.849. The SMILES string of the molecule is CCN(CC)C(=O)c1cccc(NC(=O)CN2C[C@@H]3CCC[C@@]3(C(=O)O)C2)c1. The summed E-state index contributed by atoms with van der Waals surface area (Å²) in [4.78, 5) is 40.4. The quantitative estimate of drug-likeness (QED) is 0.749. The summed E-state index contributed by atoms with van der Waals surface area (Å²) >= 11 is 0. The van der Waals surface area contributed by atoms with Gasteiger partial charge in [-0.25, -0.2) is 0 Å². The van der Waals surface area contributed by atoms with Crippen molar-refractivity contribution in [2.24, 2.45) is 11.3 Å². The van der Waals surface area contributed by atoms with Gasteiger partial charge in [-0.1, -0.05) is 12.5 Å². The molecule has 7 heteroatoms. The van der Waals surface area contributed by atoms with Gasteiger partial charge in [0.25, 0.3) is 5.91 Å². The summed E-state index contributed by atoms with van der Waals surface area (Å²) in [7, 11) is 0. The fourth-order valence-corrected chi connectivity index (χ4v) is 4.69. The van der Waals surface area contributed by atoms with Crippen molar-refractivity contribution in [3.8, 4) is 0 Å². The topological polar surface area (TPSA) is 90.0 Å². The van der Waals surface area contributed by atoms with E-state index in [2.05, 4.69) is 5.32 Å². The van der Waals surface area contributed by atoms with Crippen molar-refractivity contribution in [1.29, 1.82) is 0 Å². The van der Waals surface area contributed by atoms with Gasteiger partial charge >= 0.3 is 5.97 Å². The highest BCUT2D eigenvalue weighted by molar-refractivity contribution is 5.97. The molecule has 2 N–H and O–H groups in total. The molecule has 1 aromatic rings. The molecule has 0 aromatic heterocycles. The summed E-state index contributed by atoms with van der Waals surface area (Å²) in [5.41, 5.74) is 0.438. The molecule has 1 saturated heterocycles. The maximum Gasteiger partial charge on any atom is 0.311 e. The van der Waals surface area contributed by atoms with Crippen LogP contribution in [0.5, 0.6) is 0 Å². The van der Waals surface area contributed by atoms with Crippen LogP contribution >= 0.6 is 0 Å². The van der Waals surface area contributed by atoms with Gasteiger partial charge < -0.3 is 15.3 Å². The lowest BCUT2D eigenvalue weighted by atomic mass is 9.81. The number of fused-ring (bicyclic) bond motifs is 1. The van der Waals surface area contributed by atoms with Crippen LogP contribution in [0.2, 0.25) is 0 Å². The molecule has 2 aliphatic rings. The third-order valence-electron chi connectivity index (χ3n) is 6.18. The molecule has 152 valence electrons. The van der Waals surface area contributed by atoms with Gasteiger partial charge in [-0.2, -0.15) is 0 Å². The lowest BCUT2D eigenvalue weighted by Crippen LogP contribution is -2.37. The number of hydrogen-bond acceptors (Lipinski definition) is 4. The Bertz CT molecular complexity index is 762. The second-order valence-corrected chi connectivity index (χ2v) is 7.83. The number of benzene rings is 1. The number of carbonyl (C=O) groups excluding carboxylic acids is 2. The molecule has 2 atom stereocenters. The lowest BCUT2D eigenvalue weighted by Gasteiger charge is -2.23. The van der Waals surface area contributed by atoms with Crippen molar-refractivity contribution in [3.05, 3.63) is 29.8 Å². The minimum Gasteiger partial charge on any atom is -0.481 e. The van der Waals surface area contributed by atoms with Gasteiger partial charge in [-0.05, 0) is 50.8 Å². The van der Waals surface area contributed by atoms with Crippen molar-refractivity contribution in [2.75, 3.05) is 38.0 Å². The number of rotatable bonds is 7. The molecule has 1 aliphatic carbocycles. The second kappa shape index (κ2) is 8.31. The van der Waals surface area contributed by atoms with Crippen LogP contribution in [0.25, 0.3) is 0 Å². The van der Waals surface area contributed by atoms with E-state index in [9.17, 15) is 19.5 Å². The standard InChI is InChI=1S/C21H29N3O4/c1-3-24(4-2)19(26)15-7-5-9-17(11-15)22-18(25)13-23-12-16-8-6-10-21(16,14-23)20(27)28/h5,7,9,11,16H,3-4,6,8,10,12-14H2,1-2H3,(H,22,25)(H,27,28)/t16-,21+/m0/s1. The van der Waals surface area contributed by atoms with Crippen LogP contribution in [0, 0.1) is 11.3 Å². The Labute approximate surface area is 165 Å². The number of hydrogen-bond donors (Lipinski definition) is 2. The molecule has 1 aliphatic heterocycles. The summed E-state index contributed by atoms with van der Waals surface area (Å²) in [6, 6.07) is 6.95. The predicted octanol–water partition coefficient (Wildman–Crippen LogP) is 2.29. The zero-order valence-electron chi connectivity index (χ0n) is 16.6. The van der Waals surface area contributed by atoms with E-state index in [-0.39, 0.29) is 24.3 Å². The van der Waals surface area contributed by atoms with Crippen LogP contribution in [-0.4, -0.2) is 65.4 Å². The van der Waals surface area contributed by atoms with Crippen molar-refractivity contribution < 1.29 is 19.5 Å². The Balaban J connectivity index is 1.61. The first-order valence-corrected chi connectivity index (χ1v) is 10.0. The van der Waals surface area contributed by atoms with Crippen molar-refractivity contribution in [1.82, 2.24) is 9.80 Å². The maximum absolute atomic E-state index is 12.5. The number of anilines is 1. The van der Waals surface area contributed by atoms with Gasteiger partial charge in [0, 0.05) is 37.4 Å². The molecule has 0 spiro atoms. The highest BCUT2D eigenvalue weighted by atomic mass is 16.4. The number of nitrogens with one attached hydrogen (secondary N) is 1. The molecule has 2 fully saturated rings. The van der Waals surface area contributed by atoms with E-state index >= 15 is 0 Å². The van der Waals surface area contributed by atoms with Crippen LogP contribution in [0.1, 0.15) is 43.5 Å². The molecule has 1 saturated carbocycles. The fourth-order valence-electron chi connectivity index (χ4n) is 4.69. The zero-order chi connectivity index (χ0) is 20.3. The fraction of sp³-hybridized carbons (Fsp3) is 0.571. The number of amides is 2. The van der Waals surface area contributed by atoms with Crippen LogP contribution < -0.4 is 5.32 Å². The van der Waals surface area contributed by atoms with Gasteiger partial charge in [0.1, 0.15) is 0 Å². The molecule has 2 amide bonds. The highest BCUT2D eigenvalue weighted by Crippen LogP contribution is 2.48. The Hall–Kier alpha value is -2.41. The number of carbonyl (C=O) groups is 3. The zero-order valence-corrected chi connectivity index (χ0v) is 16.6. The first-order valence-electron chi connectivity index (χ1n) is 10.0. The third-order valence-corrected chi connectivity index (χ3v) is 6.18. The first-order chi connectivity index (χ1) is 13.4. The maximum atomic E-state index is 12.5. The Morgan fingerprint density at radius 3 is 2.68 bits per heavy atom. The van der Waals surface area contributed by atoms with E-state index < -0.39 is 11.4 Å². The van der Waals surface area contributed by atoms with Gasteiger partial charge in [0.2, 0.25) is 5.91 Å². The molecule has 0 radical (unpaired) electrons.